The summed E-state index contributed by atoms with van der Waals surface area (Å²) in [5.74, 6) is 0.151. The molecular formula is C15H11BrN2O3. The molecule has 2 aromatic carbocycles. The predicted molar refractivity (Wildman–Crippen MR) is 82.6 cm³/mol. The van der Waals surface area contributed by atoms with Crippen LogP contribution in [0.4, 0.5) is 11.4 Å². The van der Waals surface area contributed by atoms with E-state index < -0.39 is 0 Å². The molecule has 1 amide bonds. The maximum Gasteiger partial charge on any atom is 0.262 e. The number of anilines is 2. The summed E-state index contributed by atoms with van der Waals surface area (Å²) in [4.78, 5) is 23.8. The number of nitrogens with one attached hydrogen (secondary N) is 1. The van der Waals surface area contributed by atoms with E-state index in [-0.39, 0.29) is 18.3 Å². The summed E-state index contributed by atoms with van der Waals surface area (Å²) in [6.07, 6.45) is 0. The highest BCUT2D eigenvalue weighted by Gasteiger charge is 2.18. The Balaban J connectivity index is 1.96. The Morgan fingerprint density at radius 2 is 1.90 bits per heavy atom. The minimum absolute atomic E-state index is 0.0104. The molecular weight excluding hydrogens is 336 g/mol. The second-order valence-corrected chi connectivity index (χ2v) is 5.47. The monoisotopic (exact) mass is 346 g/mol. The third-order valence-corrected chi connectivity index (χ3v) is 3.85. The number of rotatable bonds is 2. The Hall–Kier alpha value is -2.34. The summed E-state index contributed by atoms with van der Waals surface area (Å²) in [6.45, 7) is -0.0104. The number of benzene rings is 2. The average molecular weight is 347 g/mol. The first-order chi connectivity index (χ1) is 10.0. The molecule has 0 aromatic heterocycles. The van der Waals surface area contributed by atoms with Crippen molar-refractivity contribution in [1.82, 2.24) is 0 Å². The fourth-order valence-corrected chi connectivity index (χ4v) is 2.32. The number of hydrogen-bond acceptors (Lipinski definition) is 4. The SMILES string of the molecule is Nc1cc(C(=O)c2ccc3c(c2)NC(=O)CO3)ccc1Br. The van der Waals surface area contributed by atoms with E-state index in [4.69, 9.17) is 10.5 Å². The van der Waals surface area contributed by atoms with E-state index in [2.05, 4.69) is 21.2 Å². The number of carbonyl (C=O) groups excluding carboxylic acids is 2. The van der Waals surface area contributed by atoms with Crippen LogP contribution < -0.4 is 15.8 Å². The summed E-state index contributed by atoms with van der Waals surface area (Å²) < 4.78 is 6.00. The third kappa shape index (κ3) is 2.62. The number of hydrogen-bond donors (Lipinski definition) is 2. The van der Waals surface area contributed by atoms with Gasteiger partial charge < -0.3 is 15.8 Å². The number of fused-ring (bicyclic) bond motifs is 1. The molecule has 0 saturated carbocycles. The lowest BCUT2D eigenvalue weighted by Gasteiger charge is -2.18. The van der Waals surface area contributed by atoms with Crippen molar-refractivity contribution in [3.63, 3.8) is 0 Å². The molecule has 0 atom stereocenters. The highest BCUT2D eigenvalue weighted by atomic mass is 79.9. The van der Waals surface area contributed by atoms with Crippen molar-refractivity contribution in [2.24, 2.45) is 0 Å². The fourth-order valence-electron chi connectivity index (χ4n) is 2.08. The summed E-state index contributed by atoms with van der Waals surface area (Å²) >= 11 is 3.29. The molecule has 106 valence electrons. The van der Waals surface area contributed by atoms with Crippen LogP contribution in [0.3, 0.4) is 0 Å². The van der Waals surface area contributed by atoms with Gasteiger partial charge in [-0.1, -0.05) is 0 Å². The lowest BCUT2D eigenvalue weighted by molar-refractivity contribution is -0.118. The zero-order chi connectivity index (χ0) is 15.0. The van der Waals surface area contributed by atoms with Crippen LogP contribution in [0.1, 0.15) is 15.9 Å². The van der Waals surface area contributed by atoms with Gasteiger partial charge in [-0.25, -0.2) is 0 Å². The van der Waals surface area contributed by atoms with Crippen LogP contribution in [0.15, 0.2) is 40.9 Å². The van der Waals surface area contributed by atoms with E-state index in [1.807, 2.05) is 0 Å². The van der Waals surface area contributed by atoms with Crippen LogP contribution in [-0.2, 0) is 4.79 Å². The zero-order valence-electron chi connectivity index (χ0n) is 10.9. The normalized spacial score (nSPS) is 13.1. The van der Waals surface area contributed by atoms with Gasteiger partial charge in [-0.2, -0.15) is 0 Å². The molecule has 21 heavy (non-hydrogen) atoms. The molecule has 3 rings (SSSR count). The smallest absolute Gasteiger partial charge is 0.262 e. The molecule has 0 spiro atoms. The van der Waals surface area contributed by atoms with Crippen molar-refractivity contribution in [3.05, 3.63) is 52.0 Å². The lowest BCUT2D eigenvalue weighted by atomic mass is 10.0. The molecule has 3 N–H and O–H groups in total. The van der Waals surface area contributed by atoms with Gasteiger partial charge in [0.2, 0.25) is 0 Å². The molecule has 2 aromatic rings. The summed E-state index contributed by atoms with van der Waals surface area (Å²) in [5.41, 5.74) is 7.73. The first-order valence-corrected chi connectivity index (χ1v) is 7.00. The van der Waals surface area contributed by atoms with Gasteiger partial charge in [0, 0.05) is 21.3 Å². The third-order valence-electron chi connectivity index (χ3n) is 3.13. The first kappa shape index (κ1) is 13.6. The van der Waals surface area contributed by atoms with Crippen LogP contribution in [-0.4, -0.2) is 18.3 Å². The molecule has 5 nitrogen and oxygen atoms in total. The molecule has 0 bridgehead atoms. The van der Waals surface area contributed by atoms with Crippen molar-refractivity contribution in [2.45, 2.75) is 0 Å². The minimum Gasteiger partial charge on any atom is -0.482 e. The highest BCUT2D eigenvalue weighted by molar-refractivity contribution is 9.10. The van der Waals surface area contributed by atoms with E-state index >= 15 is 0 Å². The van der Waals surface area contributed by atoms with Gasteiger partial charge in [-0.05, 0) is 52.3 Å². The van der Waals surface area contributed by atoms with Crippen molar-refractivity contribution in [2.75, 3.05) is 17.7 Å². The number of nitrogen functional groups attached to an aromatic ring is 1. The summed E-state index contributed by atoms with van der Waals surface area (Å²) in [5, 5.41) is 2.68. The number of carbonyl (C=O) groups is 2. The Bertz CT molecular complexity index is 759. The summed E-state index contributed by atoms with van der Waals surface area (Å²) in [6, 6.07) is 9.97. The number of ether oxygens (including phenoxy) is 1. The average Bonchev–Trinajstić information content (AvgIpc) is 2.48. The number of amides is 1. The number of nitrogens with two attached hydrogens (primary N) is 1. The quantitative estimate of drug-likeness (QED) is 0.646. The maximum atomic E-state index is 12.5. The molecule has 0 unspecified atom stereocenters. The Kier molecular flexibility index (Phi) is 3.39. The van der Waals surface area contributed by atoms with Crippen molar-refractivity contribution in [1.29, 1.82) is 0 Å². The molecule has 1 heterocycles. The Morgan fingerprint density at radius 1 is 1.19 bits per heavy atom. The molecule has 0 saturated heterocycles. The van der Waals surface area contributed by atoms with Crippen LogP contribution >= 0.6 is 15.9 Å². The lowest BCUT2D eigenvalue weighted by Crippen LogP contribution is -2.25. The highest BCUT2D eigenvalue weighted by Crippen LogP contribution is 2.30. The van der Waals surface area contributed by atoms with Gasteiger partial charge in [0.1, 0.15) is 5.75 Å². The molecule has 0 fully saturated rings. The van der Waals surface area contributed by atoms with E-state index in [1.54, 1.807) is 36.4 Å². The second-order valence-electron chi connectivity index (χ2n) is 4.61. The zero-order valence-corrected chi connectivity index (χ0v) is 12.4. The van der Waals surface area contributed by atoms with Gasteiger partial charge in [0.15, 0.2) is 12.4 Å². The van der Waals surface area contributed by atoms with Gasteiger partial charge in [-0.3, -0.25) is 9.59 Å². The molecule has 0 radical (unpaired) electrons. The topological polar surface area (TPSA) is 81.4 Å². The van der Waals surface area contributed by atoms with Crippen molar-refractivity contribution < 1.29 is 14.3 Å². The Labute approximate surface area is 129 Å². The van der Waals surface area contributed by atoms with E-state index in [9.17, 15) is 9.59 Å². The van der Waals surface area contributed by atoms with E-state index in [1.165, 1.54) is 0 Å². The fraction of sp³-hybridized carbons (Fsp3) is 0.0667. The summed E-state index contributed by atoms with van der Waals surface area (Å²) in [7, 11) is 0. The second kappa shape index (κ2) is 5.21. The van der Waals surface area contributed by atoms with Crippen molar-refractivity contribution >= 4 is 39.0 Å². The molecule has 6 heteroatoms. The Morgan fingerprint density at radius 3 is 2.67 bits per heavy atom. The molecule has 0 aliphatic carbocycles. The number of halogens is 1. The van der Waals surface area contributed by atoms with Crippen LogP contribution in [0.5, 0.6) is 5.75 Å². The van der Waals surface area contributed by atoms with Gasteiger partial charge in [0.05, 0.1) is 5.69 Å². The molecule has 1 aliphatic rings. The van der Waals surface area contributed by atoms with E-state index in [0.29, 0.717) is 28.3 Å². The first-order valence-electron chi connectivity index (χ1n) is 6.21. The van der Waals surface area contributed by atoms with Gasteiger partial charge in [-0.15, -0.1) is 0 Å². The van der Waals surface area contributed by atoms with Crippen molar-refractivity contribution in [3.8, 4) is 5.75 Å². The van der Waals surface area contributed by atoms with Gasteiger partial charge >= 0.3 is 0 Å². The van der Waals surface area contributed by atoms with E-state index in [0.717, 1.165) is 4.47 Å². The van der Waals surface area contributed by atoms with Crippen LogP contribution in [0, 0.1) is 0 Å². The molecule has 1 aliphatic heterocycles. The minimum atomic E-state index is -0.236. The standard InChI is InChI=1S/C15H11BrN2O3/c16-10-3-1-8(5-11(10)17)15(20)9-2-4-13-12(6-9)18-14(19)7-21-13/h1-6H,7,17H2,(H,18,19). The van der Waals surface area contributed by atoms with Crippen LogP contribution in [0.2, 0.25) is 0 Å². The van der Waals surface area contributed by atoms with Crippen LogP contribution in [0.25, 0.3) is 0 Å². The predicted octanol–water partition coefficient (Wildman–Crippen LogP) is 2.59. The largest absolute Gasteiger partial charge is 0.482 e. The number of ketones is 1. The maximum absolute atomic E-state index is 12.5. The van der Waals surface area contributed by atoms with Gasteiger partial charge in [0.25, 0.3) is 5.91 Å².